The Kier molecular flexibility index (Phi) is 14.7. The van der Waals surface area contributed by atoms with E-state index in [9.17, 15) is 0 Å². The molecule has 3 atom stereocenters. The maximum atomic E-state index is 2.74. The number of allylic oxidation sites excluding steroid dienone is 10. The molecule has 0 amide bonds. The molecule has 4 aliphatic carbocycles. The molecule has 5 aromatic carbocycles. The normalized spacial score (nSPS) is 19.6. The quantitative estimate of drug-likeness (QED) is 0.0911. The molecule has 0 spiro atoms. The predicted molar refractivity (Wildman–Crippen MR) is 298 cm³/mol. The third-order valence-electron chi connectivity index (χ3n) is 16.0. The molecule has 0 bridgehead atoms. The van der Waals surface area contributed by atoms with Crippen LogP contribution >= 0.6 is 0 Å². The van der Waals surface area contributed by atoms with Crippen molar-refractivity contribution in [3.05, 3.63) is 195 Å². The number of nitrogens with zero attached hydrogens (tertiary/aromatic N) is 2. The topological polar surface area (TPSA) is 6.48 Å². The zero-order chi connectivity index (χ0) is 47.3. The molecule has 0 saturated heterocycles. The van der Waals surface area contributed by atoms with Gasteiger partial charge in [0.15, 0.2) is 0 Å². The highest BCUT2D eigenvalue weighted by molar-refractivity contribution is 6.19. The number of hydrogen-bond donors (Lipinski definition) is 0. The van der Waals surface area contributed by atoms with Crippen LogP contribution in [0, 0.1) is 0 Å². The Labute approximate surface area is 409 Å². The Balaban J connectivity index is 1.09. The summed E-state index contributed by atoms with van der Waals surface area (Å²) in [6, 6.07) is 36.2. The van der Waals surface area contributed by atoms with E-state index < -0.39 is 0 Å². The molecule has 68 heavy (non-hydrogen) atoms. The summed E-state index contributed by atoms with van der Waals surface area (Å²) >= 11 is 0. The number of aryl methyl sites for hydroxylation is 2. The monoisotopic (exact) mass is 897 g/mol. The Bertz CT molecular complexity index is 2860. The summed E-state index contributed by atoms with van der Waals surface area (Å²) in [4.78, 5) is 5.43. The minimum Gasteiger partial charge on any atom is -0.358 e. The van der Waals surface area contributed by atoms with Gasteiger partial charge in [0, 0.05) is 17.1 Å². The van der Waals surface area contributed by atoms with Gasteiger partial charge < -0.3 is 9.80 Å². The molecule has 0 aliphatic heterocycles. The van der Waals surface area contributed by atoms with E-state index >= 15 is 0 Å². The van der Waals surface area contributed by atoms with E-state index in [-0.39, 0.29) is 6.04 Å². The number of rotatable bonds is 16. The lowest BCUT2D eigenvalue weighted by Gasteiger charge is -2.40. The van der Waals surface area contributed by atoms with Gasteiger partial charge in [-0.15, -0.1) is 0 Å². The molecule has 0 radical (unpaired) electrons. The molecular weight excluding hydrogens is 821 g/mol. The van der Waals surface area contributed by atoms with Gasteiger partial charge in [0.1, 0.15) is 0 Å². The van der Waals surface area contributed by atoms with Crippen LogP contribution in [0.5, 0.6) is 0 Å². The standard InChI is InChI=1S/C66H76N2/c1-9-45-25-37-57(41-49(45)13-5)67(58-38-26-46(10-2)50(14-6)42-58)55-33-29-53(30-34-55)65-61-21-17-19-23-63(61)66(64-24-20-18-22-62(64)65)54-31-35-56(36-32-54)68(59-39-27-47(11-3)51(15-7)43-59)60-40-28-48(12-4)52(16-8)44-60/h17-27,29-33,35-38,41,43-44,55,58-59H,9-16,28,34,39-40,42H2,1-8H3. The first-order valence-corrected chi connectivity index (χ1v) is 26.7. The Morgan fingerprint density at radius 2 is 1.10 bits per heavy atom. The van der Waals surface area contributed by atoms with Crippen LogP contribution in [0.15, 0.2) is 179 Å². The van der Waals surface area contributed by atoms with Crippen LogP contribution in [0.3, 0.4) is 0 Å². The summed E-state index contributed by atoms with van der Waals surface area (Å²) in [6.45, 7) is 18.5. The Morgan fingerprint density at radius 3 is 1.69 bits per heavy atom. The molecule has 0 fully saturated rings. The van der Waals surface area contributed by atoms with Crippen molar-refractivity contribution in [2.45, 2.75) is 157 Å². The van der Waals surface area contributed by atoms with Gasteiger partial charge in [-0.25, -0.2) is 0 Å². The third-order valence-corrected chi connectivity index (χ3v) is 16.0. The van der Waals surface area contributed by atoms with Crippen LogP contribution in [0.2, 0.25) is 0 Å². The van der Waals surface area contributed by atoms with E-state index in [1.807, 2.05) is 0 Å². The second kappa shape index (κ2) is 21.2. The van der Waals surface area contributed by atoms with E-state index in [0.717, 1.165) is 83.5 Å². The molecule has 0 N–H and O–H groups in total. The van der Waals surface area contributed by atoms with Crippen LogP contribution < -0.4 is 9.80 Å². The van der Waals surface area contributed by atoms with Crippen molar-refractivity contribution in [2.24, 2.45) is 0 Å². The largest absolute Gasteiger partial charge is 0.358 e. The highest BCUT2D eigenvalue weighted by Gasteiger charge is 2.30. The van der Waals surface area contributed by atoms with E-state index in [2.05, 4.69) is 205 Å². The molecule has 0 aromatic heterocycles. The summed E-state index contributed by atoms with van der Waals surface area (Å²) in [6.07, 6.45) is 34.2. The van der Waals surface area contributed by atoms with Crippen molar-refractivity contribution in [1.29, 1.82) is 0 Å². The van der Waals surface area contributed by atoms with Crippen molar-refractivity contribution in [2.75, 3.05) is 9.80 Å². The van der Waals surface area contributed by atoms with Crippen molar-refractivity contribution in [1.82, 2.24) is 0 Å². The molecule has 5 aromatic rings. The predicted octanol–water partition coefficient (Wildman–Crippen LogP) is 18.5. The maximum absolute atomic E-state index is 2.74. The van der Waals surface area contributed by atoms with Crippen molar-refractivity contribution < 1.29 is 0 Å². The van der Waals surface area contributed by atoms with Crippen LogP contribution in [0.25, 0.3) is 38.2 Å². The molecule has 0 heterocycles. The van der Waals surface area contributed by atoms with Crippen molar-refractivity contribution >= 4 is 38.5 Å². The summed E-state index contributed by atoms with van der Waals surface area (Å²) in [5.74, 6) is 0. The molecule has 350 valence electrons. The van der Waals surface area contributed by atoms with E-state index in [1.165, 1.54) is 94.3 Å². The molecule has 4 aliphatic rings. The number of fused-ring (bicyclic) bond motifs is 2. The minimum absolute atomic E-state index is 0.256. The van der Waals surface area contributed by atoms with E-state index in [0.29, 0.717) is 12.1 Å². The van der Waals surface area contributed by atoms with Gasteiger partial charge in [0.25, 0.3) is 0 Å². The second-order valence-electron chi connectivity index (χ2n) is 19.5. The van der Waals surface area contributed by atoms with Crippen LogP contribution in [0.1, 0.15) is 143 Å². The fourth-order valence-electron chi connectivity index (χ4n) is 12.4. The summed E-state index contributed by atoms with van der Waals surface area (Å²) < 4.78 is 0. The number of anilines is 2. The zero-order valence-corrected chi connectivity index (χ0v) is 42.6. The molecule has 3 unspecified atom stereocenters. The molecule has 9 rings (SSSR count). The van der Waals surface area contributed by atoms with E-state index in [1.54, 1.807) is 11.1 Å². The molecule has 0 saturated carbocycles. The average molecular weight is 897 g/mol. The zero-order valence-electron chi connectivity index (χ0n) is 42.6. The summed E-state index contributed by atoms with van der Waals surface area (Å²) in [5, 5.41) is 5.25. The lowest BCUT2D eigenvalue weighted by atomic mass is 9.83. The minimum atomic E-state index is 0.256. The van der Waals surface area contributed by atoms with Gasteiger partial charge in [-0.2, -0.15) is 0 Å². The maximum Gasteiger partial charge on any atom is 0.0559 e. The lowest BCUT2D eigenvalue weighted by Crippen LogP contribution is -2.43. The lowest BCUT2D eigenvalue weighted by molar-refractivity contribution is 0.597. The van der Waals surface area contributed by atoms with Crippen molar-refractivity contribution in [3.8, 4) is 11.1 Å². The summed E-state index contributed by atoms with van der Waals surface area (Å²) in [7, 11) is 0. The van der Waals surface area contributed by atoms with Crippen LogP contribution in [-0.2, 0) is 12.8 Å². The van der Waals surface area contributed by atoms with Gasteiger partial charge in [-0.1, -0.05) is 176 Å². The second-order valence-corrected chi connectivity index (χ2v) is 19.5. The SMILES string of the molecule is CCC1=CCC(N(C2=CC(CC)=C(CC)CC2)c2ccc(-c3c4ccccc4c(C4=CCC(N(c5ccc(CC)c(CC)c5)C5C=CC(CC)=C(CC)C5)C=C4)c4ccccc34)cc2)C=C1CC. The first kappa shape index (κ1) is 47.2. The fourth-order valence-corrected chi connectivity index (χ4v) is 12.4. The Morgan fingerprint density at radius 1 is 0.485 bits per heavy atom. The van der Waals surface area contributed by atoms with Gasteiger partial charge in [0.05, 0.1) is 18.1 Å². The third kappa shape index (κ3) is 9.09. The van der Waals surface area contributed by atoms with Gasteiger partial charge in [-0.05, 0) is 191 Å². The number of hydrogen-bond acceptors (Lipinski definition) is 2. The van der Waals surface area contributed by atoms with Gasteiger partial charge >= 0.3 is 0 Å². The number of benzene rings is 5. The van der Waals surface area contributed by atoms with Crippen LogP contribution in [-0.4, -0.2) is 18.1 Å². The molecule has 2 nitrogen and oxygen atoms in total. The Hall–Kier alpha value is -5.86. The molecule has 2 heteroatoms. The van der Waals surface area contributed by atoms with Gasteiger partial charge in [-0.3, -0.25) is 0 Å². The molecular formula is C66H76N2. The highest BCUT2D eigenvalue weighted by Crippen LogP contribution is 2.45. The summed E-state index contributed by atoms with van der Waals surface area (Å²) in [5.41, 5.74) is 21.6. The average Bonchev–Trinajstić information content (AvgIpc) is 3.40. The first-order chi connectivity index (χ1) is 33.4. The van der Waals surface area contributed by atoms with Gasteiger partial charge in [0.2, 0.25) is 0 Å². The fraction of sp³-hybridized carbons (Fsp3) is 0.364. The highest BCUT2D eigenvalue weighted by atomic mass is 15.2. The smallest absolute Gasteiger partial charge is 0.0559 e. The van der Waals surface area contributed by atoms with Crippen LogP contribution in [0.4, 0.5) is 11.4 Å². The van der Waals surface area contributed by atoms with Crippen molar-refractivity contribution in [3.63, 3.8) is 0 Å². The van der Waals surface area contributed by atoms with E-state index in [4.69, 9.17) is 0 Å². The first-order valence-electron chi connectivity index (χ1n) is 26.7.